The lowest BCUT2D eigenvalue weighted by atomic mass is 9.27. The molecule has 0 heterocycles. The van der Waals surface area contributed by atoms with Gasteiger partial charge in [0.15, 0.2) is 0 Å². The molecule has 7 atom stereocenters. The smallest absolute Gasteiger partial charge is 0.147 e. The number of rotatable bonds is 10. The SMILES string of the molecule is CCCO/C=C\CB(CCC1CC([C@@H](C)I)C1(C)C)[C@@H]1CC2CC([C@H]1C)C2(C)C. The molecule has 0 aromatic carbocycles. The van der Waals surface area contributed by atoms with Gasteiger partial charge in [-0.2, -0.15) is 0 Å². The van der Waals surface area contributed by atoms with Crippen molar-refractivity contribution in [2.24, 2.45) is 40.4 Å². The fourth-order valence-corrected chi connectivity index (χ4v) is 8.76. The highest BCUT2D eigenvalue weighted by Crippen LogP contribution is 2.65. The van der Waals surface area contributed by atoms with Crippen molar-refractivity contribution in [3.8, 4) is 0 Å². The largest absolute Gasteiger partial charge is 0.502 e. The van der Waals surface area contributed by atoms with Gasteiger partial charge in [0.2, 0.25) is 0 Å². The number of fused-ring (bicyclic) bond motifs is 2. The Bertz CT molecular complexity index is 569. The lowest BCUT2D eigenvalue weighted by molar-refractivity contribution is -0.0993. The molecular formula is C26H46BIO. The standard InChI is InChI=1S/C26H46BIO/c1-8-13-29-14-9-11-27(12-10-20-15-23(19(3)28)25(20,4)5)24-17-21-16-22(18(24)2)26(21,6)7/h9,14,18-24H,8,10-13,15-17H2,1-7H3/b14-9-/t18-,19-,20?,21?,22?,23?,24-/m1/s1. The summed E-state index contributed by atoms with van der Waals surface area (Å²) in [6, 6.07) is 0. The topological polar surface area (TPSA) is 9.23 Å². The van der Waals surface area contributed by atoms with Crippen molar-refractivity contribution in [2.75, 3.05) is 6.61 Å². The van der Waals surface area contributed by atoms with Crippen molar-refractivity contribution >= 4 is 29.3 Å². The van der Waals surface area contributed by atoms with Crippen LogP contribution < -0.4 is 0 Å². The molecule has 2 bridgehead atoms. The Morgan fingerprint density at radius 3 is 2.41 bits per heavy atom. The average Bonchev–Trinajstić information content (AvgIpc) is 2.64. The molecule has 4 unspecified atom stereocenters. The first-order chi connectivity index (χ1) is 13.6. The van der Waals surface area contributed by atoms with Gasteiger partial charge in [-0.1, -0.05) is 108 Å². The summed E-state index contributed by atoms with van der Waals surface area (Å²) in [4.78, 5) is 0. The molecule has 0 aliphatic heterocycles. The monoisotopic (exact) mass is 512 g/mol. The molecule has 0 aromatic rings. The van der Waals surface area contributed by atoms with Crippen molar-refractivity contribution in [1.29, 1.82) is 0 Å². The van der Waals surface area contributed by atoms with E-state index in [1.165, 1.54) is 38.3 Å². The summed E-state index contributed by atoms with van der Waals surface area (Å²) >= 11 is 2.65. The van der Waals surface area contributed by atoms with Gasteiger partial charge in [-0.15, -0.1) is 0 Å². The second-order valence-electron chi connectivity index (χ2n) is 12.0. The lowest BCUT2D eigenvalue weighted by Gasteiger charge is -2.63. The van der Waals surface area contributed by atoms with Gasteiger partial charge in [0, 0.05) is 3.92 Å². The van der Waals surface area contributed by atoms with Gasteiger partial charge in [-0.05, 0) is 59.7 Å². The molecule has 1 nitrogen and oxygen atoms in total. The number of allylic oxidation sites excluding steroid dienone is 1. The molecule has 3 heteroatoms. The van der Waals surface area contributed by atoms with Crippen LogP contribution in [0.4, 0.5) is 0 Å². The maximum Gasteiger partial charge on any atom is 0.147 e. The van der Waals surface area contributed by atoms with Crippen molar-refractivity contribution in [3.05, 3.63) is 12.3 Å². The minimum Gasteiger partial charge on any atom is -0.502 e. The van der Waals surface area contributed by atoms with Gasteiger partial charge in [-0.25, -0.2) is 0 Å². The summed E-state index contributed by atoms with van der Waals surface area (Å²) in [7, 11) is 0. The van der Waals surface area contributed by atoms with E-state index in [-0.39, 0.29) is 0 Å². The lowest BCUT2D eigenvalue weighted by Crippen LogP contribution is -2.55. The van der Waals surface area contributed by atoms with E-state index < -0.39 is 0 Å². The highest BCUT2D eigenvalue weighted by molar-refractivity contribution is 14.1. The molecule has 4 aliphatic rings. The highest BCUT2D eigenvalue weighted by Gasteiger charge is 2.57. The third-order valence-electron chi connectivity index (χ3n) is 9.96. The molecule has 4 aliphatic carbocycles. The number of ether oxygens (including phenoxy) is 1. The average molecular weight is 512 g/mol. The molecule has 166 valence electrons. The van der Waals surface area contributed by atoms with Crippen LogP contribution in [0.5, 0.6) is 0 Å². The molecule has 0 saturated heterocycles. The first-order valence-electron chi connectivity index (χ1n) is 12.5. The Balaban J connectivity index is 1.61. The van der Waals surface area contributed by atoms with Crippen molar-refractivity contribution in [2.45, 2.75) is 103 Å². The fourth-order valence-electron chi connectivity index (χ4n) is 7.54. The maximum atomic E-state index is 5.66. The number of hydrogen-bond acceptors (Lipinski definition) is 1. The van der Waals surface area contributed by atoms with Crippen LogP contribution in [0.3, 0.4) is 0 Å². The number of halogens is 1. The zero-order valence-electron chi connectivity index (χ0n) is 20.2. The van der Waals surface area contributed by atoms with E-state index in [2.05, 4.69) is 77.1 Å². The van der Waals surface area contributed by atoms with Gasteiger partial charge >= 0.3 is 0 Å². The fraction of sp³-hybridized carbons (Fsp3) is 0.923. The first kappa shape index (κ1) is 24.0. The predicted octanol–water partition coefficient (Wildman–Crippen LogP) is 8.37. The summed E-state index contributed by atoms with van der Waals surface area (Å²) in [6.07, 6.45) is 13.9. The zero-order chi connectivity index (χ0) is 21.4. The highest BCUT2D eigenvalue weighted by atomic mass is 127. The molecule has 0 N–H and O–H groups in total. The van der Waals surface area contributed by atoms with Gasteiger partial charge in [-0.3, -0.25) is 0 Å². The van der Waals surface area contributed by atoms with E-state index in [1.54, 1.807) is 0 Å². The van der Waals surface area contributed by atoms with Crippen molar-refractivity contribution in [3.63, 3.8) is 0 Å². The van der Waals surface area contributed by atoms with Crippen LogP contribution in [-0.4, -0.2) is 17.2 Å². The minimum atomic E-state index is 0.535. The Hall–Kier alpha value is 0.335. The van der Waals surface area contributed by atoms with Crippen LogP contribution >= 0.6 is 22.6 Å². The van der Waals surface area contributed by atoms with Gasteiger partial charge in [0.05, 0.1) is 12.9 Å². The van der Waals surface area contributed by atoms with Gasteiger partial charge < -0.3 is 4.74 Å². The van der Waals surface area contributed by atoms with E-state index >= 15 is 0 Å². The first-order valence-corrected chi connectivity index (χ1v) is 13.8. The molecule has 0 spiro atoms. The summed E-state index contributed by atoms with van der Waals surface area (Å²) in [5.41, 5.74) is 1.13. The molecular weight excluding hydrogens is 466 g/mol. The van der Waals surface area contributed by atoms with Crippen LogP contribution in [0.25, 0.3) is 0 Å². The van der Waals surface area contributed by atoms with Gasteiger partial charge in [0.25, 0.3) is 0 Å². The molecule has 4 rings (SSSR count). The quantitative estimate of drug-likeness (QED) is 0.0940. The number of hydrogen-bond donors (Lipinski definition) is 0. The van der Waals surface area contributed by atoms with Crippen LogP contribution in [-0.2, 0) is 4.74 Å². The normalized spacial score (nSPS) is 38.2. The van der Waals surface area contributed by atoms with E-state index in [1.807, 2.05) is 6.26 Å². The van der Waals surface area contributed by atoms with E-state index in [4.69, 9.17) is 4.74 Å². The maximum absolute atomic E-state index is 5.66. The second-order valence-corrected chi connectivity index (χ2v) is 13.9. The Labute approximate surface area is 195 Å². The summed E-state index contributed by atoms with van der Waals surface area (Å²) in [5, 5.41) is 0. The second kappa shape index (κ2) is 9.45. The van der Waals surface area contributed by atoms with Crippen LogP contribution in [0, 0.1) is 40.4 Å². The summed E-state index contributed by atoms with van der Waals surface area (Å²) in [5.74, 6) is 5.58. The molecule has 4 saturated carbocycles. The molecule has 0 amide bonds. The van der Waals surface area contributed by atoms with E-state index in [0.29, 0.717) is 10.8 Å². The van der Waals surface area contributed by atoms with Crippen LogP contribution in [0.1, 0.15) is 80.6 Å². The van der Waals surface area contributed by atoms with Crippen molar-refractivity contribution in [1.82, 2.24) is 0 Å². The summed E-state index contributed by atoms with van der Waals surface area (Å²) < 4.78 is 6.47. The number of alkyl halides is 1. The Morgan fingerprint density at radius 2 is 1.86 bits per heavy atom. The van der Waals surface area contributed by atoms with E-state index in [9.17, 15) is 0 Å². The molecule has 29 heavy (non-hydrogen) atoms. The molecule has 0 radical (unpaired) electrons. The summed E-state index contributed by atoms with van der Waals surface area (Å²) in [6.45, 7) is 19.0. The molecule has 4 fully saturated rings. The Morgan fingerprint density at radius 1 is 1.14 bits per heavy atom. The third kappa shape index (κ3) is 4.75. The third-order valence-corrected chi connectivity index (χ3v) is 10.8. The van der Waals surface area contributed by atoms with Crippen LogP contribution in [0.2, 0.25) is 18.5 Å². The van der Waals surface area contributed by atoms with Crippen molar-refractivity contribution < 1.29 is 4.74 Å². The van der Waals surface area contributed by atoms with E-state index in [0.717, 1.165) is 59.1 Å². The van der Waals surface area contributed by atoms with Gasteiger partial charge in [0.1, 0.15) is 6.71 Å². The molecule has 0 aromatic heterocycles. The van der Waals surface area contributed by atoms with Crippen LogP contribution in [0.15, 0.2) is 12.3 Å². The zero-order valence-corrected chi connectivity index (χ0v) is 22.4. The predicted molar refractivity (Wildman–Crippen MR) is 137 cm³/mol. The minimum absolute atomic E-state index is 0.535. The Kier molecular flexibility index (Phi) is 7.82.